The molecule has 0 radical (unpaired) electrons. The second kappa shape index (κ2) is 15.4. The summed E-state index contributed by atoms with van der Waals surface area (Å²) in [6, 6.07) is 0. The number of ether oxygens (including phenoxy) is 2. The van der Waals surface area contributed by atoms with E-state index in [9.17, 15) is 10.2 Å². The van der Waals surface area contributed by atoms with Crippen molar-refractivity contribution in [3.05, 3.63) is 12.3 Å². The van der Waals surface area contributed by atoms with Gasteiger partial charge in [0.25, 0.3) is 0 Å². The van der Waals surface area contributed by atoms with Crippen molar-refractivity contribution in [2.75, 3.05) is 13.2 Å². The highest BCUT2D eigenvalue weighted by Crippen LogP contribution is 2.19. The van der Waals surface area contributed by atoms with Crippen LogP contribution in [0.3, 0.4) is 0 Å². The van der Waals surface area contributed by atoms with Crippen molar-refractivity contribution in [1.82, 2.24) is 0 Å². The Labute approximate surface area is 159 Å². The van der Waals surface area contributed by atoms with Gasteiger partial charge in [0.05, 0.1) is 19.5 Å². The Morgan fingerprint density at radius 3 is 2.08 bits per heavy atom. The lowest BCUT2D eigenvalue weighted by molar-refractivity contribution is -0.197. The van der Waals surface area contributed by atoms with Gasteiger partial charge in [0, 0.05) is 0 Å². The molecule has 5 heteroatoms. The molecule has 0 aromatic carbocycles. The molecule has 0 amide bonds. The minimum Gasteiger partial charge on any atom is -0.493 e. The third kappa shape index (κ3) is 9.91. The van der Waals surface area contributed by atoms with Gasteiger partial charge in [-0.2, -0.15) is 0 Å². The van der Waals surface area contributed by atoms with Gasteiger partial charge in [-0.3, -0.25) is 0 Å². The molecule has 1 aliphatic heterocycles. The van der Waals surface area contributed by atoms with Gasteiger partial charge in [-0.15, -0.1) is 0 Å². The molecule has 1 aliphatic rings. The van der Waals surface area contributed by atoms with E-state index in [1.807, 2.05) is 6.08 Å². The highest BCUT2D eigenvalue weighted by atomic mass is 16.6. The van der Waals surface area contributed by atoms with Crippen molar-refractivity contribution in [3.8, 4) is 0 Å². The van der Waals surface area contributed by atoms with Crippen LogP contribution < -0.4 is 0 Å². The first-order valence-corrected chi connectivity index (χ1v) is 10.6. The Hall–Kier alpha value is -0.620. The average molecular weight is 373 g/mol. The first-order valence-electron chi connectivity index (χ1n) is 10.6. The molecule has 154 valence electrons. The van der Waals surface area contributed by atoms with Crippen LogP contribution in [0.25, 0.3) is 0 Å². The lowest BCUT2D eigenvalue weighted by atomic mass is 10.0. The number of rotatable bonds is 15. The minimum absolute atomic E-state index is 0.0688. The summed E-state index contributed by atoms with van der Waals surface area (Å²) in [7, 11) is 0. The van der Waals surface area contributed by atoms with Crippen LogP contribution in [-0.4, -0.2) is 52.9 Å². The van der Waals surface area contributed by atoms with E-state index in [0.717, 1.165) is 12.8 Å². The SMILES string of the molecule is CCCCCCCCCCCCC/C=C/O[C@H]1[C@H](O)[C@@H](CO)OC[C@@H]1O. The van der Waals surface area contributed by atoms with E-state index in [-0.39, 0.29) is 13.2 Å². The van der Waals surface area contributed by atoms with Gasteiger partial charge < -0.3 is 24.8 Å². The van der Waals surface area contributed by atoms with Crippen LogP contribution in [0.5, 0.6) is 0 Å². The van der Waals surface area contributed by atoms with Gasteiger partial charge in [0.2, 0.25) is 0 Å². The van der Waals surface area contributed by atoms with Crippen molar-refractivity contribution in [2.45, 2.75) is 108 Å². The minimum atomic E-state index is -1.02. The zero-order valence-corrected chi connectivity index (χ0v) is 16.5. The Morgan fingerprint density at radius 2 is 1.50 bits per heavy atom. The lowest BCUT2D eigenvalue weighted by Gasteiger charge is -2.36. The molecule has 26 heavy (non-hydrogen) atoms. The largest absolute Gasteiger partial charge is 0.493 e. The van der Waals surface area contributed by atoms with Crippen LogP contribution in [0.4, 0.5) is 0 Å². The van der Waals surface area contributed by atoms with E-state index in [1.165, 1.54) is 64.2 Å². The lowest BCUT2D eigenvalue weighted by Crippen LogP contribution is -2.54. The van der Waals surface area contributed by atoms with Crippen LogP contribution in [0.15, 0.2) is 12.3 Å². The first kappa shape index (κ1) is 23.4. The summed E-state index contributed by atoms with van der Waals surface area (Å²) in [5.74, 6) is 0. The first-order chi connectivity index (χ1) is 12.7. The van der Waals surface area contributed by atoms with Gasteiger partial charge in [0.1, 0.15) is 18.3 Å². The van der Waals surface area contributed by atoms with Crippen molar-refractivity contribution in [1.29, 1.82) is 0 Å². The third-order valence-electron chi connectivity index (χ3n) is 5.06. The molecule has 0 unspecified atom stereocenters. The fraction of sp³-hybridized carbons (Fsp3) is 0.905. The van der Waals surface area contributed by atoms with Crippen LogP contribution in [0, 0.1) is 0 Å². The standard InChI is InChI=1S/C21H40O5/c1-2-3-4-5-6-7-8-9-10-11-12-13-14-15-25-21-18(23)17-26-19(16-22)20(21)24/h14-15,18-24H,2-13,16-17H2,1H3/b15-14+/t18-,19+,20+,21+/m0/s1. The molecule has 1 rings (SSSR count). The molecule has 3 N–H and O–H groups in total. The van der Waals surface area contributed by atoms with E-state index in [4.69, 9.17) is 14.6 Å². The van der Waals surface area contributed by atoms with Crippen LogP contribution in [0.2, 0.25) is 0 Å². The van der Waals surface area contributed by atoms with Crippen molar-refractivity contribution in [2.24, 2.45) is 0 Å². The number of unbranched alkanes of at least 4 members (excludes halogenated alkanes) is 11. The molecule has 5 nitrogen and oxygen atoms in total. The van der Waals surface area contributed by atoms with Gasteiger partial charge in [-0.1, -0.05) is 71.1 Å². The molecular formula is C21H40O5. The monoisotopic (exact) mass is 372 g/mol. The molecule has 0 bridgehead atoms. The molecule has 0 spiro atoms. The molecule has 1 saturated heterocycles. The van der Waals surface area contributed by atoms with Gasteiger partial charge >= 0.3 is 0 Å². The van der Waals surface area contributed by atoms with Crippen LogP contribution >= 0.6 is 0 Å². The summed E-state index contributed by atoms with van der Waals surface area (Å²) >= 11 is 0. The maximum absolute atomic E-state index is 10.00. The van der Waals surface area contributed by atoms with Crippen LogP contribution in [-0.2, 0) is 9.47 Å². The number of aliphatic hydroxyl groups is 3. The summed E-state index contributed by atoms with van der Waals surface area (Å²) in [6.45, 7) is 2.04. The molecular weight excluding hydrogens is 332 g/mol. The highest BCUT2D eigenvalue weighted by molar-refractivity contribution is 4.89. The highest BCUT2D eigenvalue weighted by Gasteiger charge is 2.39. The van der Waals surface area contributed by atoms with E-state index in [1.54, 1.807) is 6.26 Å². The molecule has 0 aliphatic carbocycles. The fourth-order valence-electron chi connectivity index (χ4n) is 3.33. The fourth-order valence-corrected chi connectivity index (χ4v) is 3.33. The van der Waals surface area contributed by atoms with Crippen molar-refractivity contribution in [3.63, 3.8) is 0 Å². The Bertz CT molecular complexity index is 347. The molecule has 0 aromatic rings. The summed E-state index contributed by atoms with van der Waals surface area (Å²) in [5, 5.41) is 28.9. The topological polar surface area (TPSA) is 79.2 Å². The summed E-state index contributed by atoms with van der Waals surface area (Å²) in [6.07, 6.45) is 15.7. The summed E-state index contributed by atoms with van der Waals surface area (Å²) in [5.41, 5.74) is 0. The maximum atomic E-state index is 10.00. The van der Waals surface area contributed by atoms with Gasteiger partial charge in [-0.25, -0.2) is 0 Å². The molecule has 1 fully saturated rings. The number of hydrogen-bond acceptors (Lipinski definition) is 5. The molecule has 1 heterocycles. The summed E-state index contributed by atoms with van der Waals surface area (Å²) in [4.78, 5) is 0. The number of aliphatic hydroxyl groups excluding tert-OH is 3. The predicted octanol–water partition coefficient (Wildman–Crippen LogP) is 3.70. The second-order valence-corrected chi connectivity index (χ2v) is 7.41. The Kier molecular flexibility index (Phi) is 13.9. The second-order valence-electron chi connectivity index (χ2n) is 7.41. The normalized spacial score (nSPS) is 26.5. The number of hydrogen-bond donors (Lipinski definition) is 3. The zero-order chi connectivity index (χ0) is 19.0. The van der Waals surface area contributed by atoms with Gasteiger partial charge in [-0.05, 0) is 18.9 Å². The van der Waals surface area contributed by atoms with E-state index >= 15 is 0 Å². The molecule has 0 aromatic heterocycles. The Balaban J connectivity index is 1.96. The quantitative estimate of drug-likeness (QED) is 0.302. The van der Waals surface area contributed by atoms with Crippen LogP contribution in [0.1, 0.15) is 84.0 Å². The third-order valence-corrected chi connectivity index (χ3v) is 5.06. The van der Waals surface area contributed by atoms with E-state index in [2.05, 4.69) is 6.92 Å². The predicted molar refractivity (Wildman–Crippen MR) is 104 cm³/mol. The molecule has 0 saturated carbocycles. The smallest absolute Gasteiger partial charge is 0.154 e. The maximum Gasteiger partial charge on any atom is 0.154 e. The van der Waals surface area contributed by atoms with E-state index in [0.29, 0.717) is 0 Å². The van der Waals surface area contributed by atoms with Crippen molar-refractivity contribution < 1.29 is 24.8 Å². The van der Waals surface area contributed by atoms with E-state index < -0.39 is 24.4 Å². The van der Waals surface area contributed by atoms with Gasteiger partial charge in [0.15, 0.2) is 6.10 Å². The Morgan fingerprint density at radius 1 is 0.923 bits per heavy atom. The van der Waals surface area contributed by atoms with Crippen molar-refractivity contribution >= 4 is 0 Å². The summed E-state index contributed by atoms with van der Waals surface area (Å²) < 4.78 is 10.6. The molecule has 4 atom stereocenters. The average Bonchev–Trinajstić information content (AvgIpc) is 2.64. The number of allylic oxidation sites excluding steroid dienone is 1. The zero-order valence-electron chi connectivity index (χ0n) is 16.5.